The van der Waals surface area contributed by atoms with Crippen LogP contribution in [0.15, 0.2) is 65.7 Å². The lowest BCUT2D eigenvalue weighted by molar-refractivity contribution is 0.102. The summed E-state index contributed by atoms with van der Waals surface area (Å²) in [6.07, 6.45) is 4.22. The molecule has 0 spiro atoms. The molecule has 2 aromatic carbocycles. The van der Waals surface area contributed by atoms with Crippen LogP contribution in [0.1, 0.15) is 29.6 Å². The van der Waals surface area contributed by atoms with Crippen molar-refractivity contribution in [3.05, 3.63) is 66.4 Å². The normalized spacial score (nSPS) is 14.2. The van der Waals surface area contributed by atoms with E-state index < -0.39 is 15.9 Å². The first-order chi connectivity index (χ1) is 16.9. The summed E-state index contributed by atoms with van der Waals surface area (Å²) < 4.78 is 38.7. The molecule has 4 rings (SSSR count). The molecule has 1 amide bonds. The van der Waals surface area contributed by atoms with Crippen molar-refractivity contribution in [3.8, 4) is 11.5 Å². The number of aromatic nitrogens is 1. The van der Waals surface area contributed by atoms with Crippen LogP contribution in [0.3, 0.4) is 0 Å². The van der Waals surface area contributed by atoms with Gasteiger partial charge in [0, 0.05) is 25.0 Å². The average molecular weight is 497 g/mol. The molecule has 0 radical (unpaired) electrons. The van der Waals surface area contributed by atoms with E-state index in [1.165, 1.54) is 17.5 Å². The van der Waals surface area contributed by atoms with E-state index in [0.29, 0.717) is 36.0 Å². The lowest BCUT2D eigenvalue weighted by Crippen LogP contribution is -2.35. The highest BCUT2D eigenvalue weighted by Gasteiger charge is 2.29. The minimum Gasteiger partial charge on any atom is -0.495 e. The van der Waals surface area contributed by atoms with Gasteiger partial charge in [-0.2, -0.15) is 4.31 Å². The number of hydrogen-bond donors (Lipinski definition) is 2. The number of sulfonamides is 1. The first-order valence-electron chi connectivity index (χ1n) is 11.3. The van der Waals surface area contributed by atoms with Crippen LogP contribution in [0.25, 0.3) is 0 Å². The van der Waals surface area contributed by atoms with Crippen molar-refractivity contribution in [2.24, 2.45) is 0 Å². The molecule has 35 heavy (non-hydrogen) atoms. The Morgan fingerprint density at radius 1 is 0.943 bits per heavy atom. The number of hydrogen-bond acceptors (Lipinski definition) is 7. The number of rotatable bonds is 8. The third-order valence-corrected chi connectivity index (χ3v) is 7.69. The molecule has 0 aliphatic carbocycles. The van der Waals surface area contributed by atoms with Gasteiger partial charge in [-0.15, -0.1) is 0 Å². The van der Waals surface area contributed by atoms with Crippen LogP contribution in [0, 0.1) is 0 Å². The van der Waals surface area contributed by atoms with Crippen molar-refractivity contribution in [2.45, 2.75) is 24.2 Å². The summed E-state index contributed by atoms with van der Waals surface area (Å²) in [4.78, 5) is 17.5. The molecule has 1 aliphatic rings. The molecule has 1 fully saturated rings. The highest BCUT2D eigenvalue weighted by atomic mass is 32.2. The Morgan fingerprint density at radius 2 is 1.69 bits per heavy atom. The van der Waals surface area contributed by atoms with Crippen LogP contribution in [0.2, 0.25) is 0 Å². The van der Waals surface area contributed by atoms with Gasteiger partial charge >= 0.3 is 0 Å². The number of piperidine rings is 1. The summed E-state index contributed by atoms with van der Waals surface area (Å²) in [5.74, 6) is 0.729. The number of ether oxygens (including phenoxy) is 2. The van der Waals surface area contributed by atoms with Crippen LogP contribution in [-0.2, 0) is 10.0 Å². The molecule has 10 heteroatoms. The number of para-hydroxylation sites is 2. The number of nitrogens with zero attached hydrogens (tertiary/aromatic N) is 2. The van der Waals surface area contributed by atoms with E-state index in [4.69, 9.17) is 9.47 Å². The number of carbonyl (C=O) groups excluding carboxylic acids is 1. The van der Waals surface area contributed by atoms with Crippen LogP contribution in [-0.4, -0.2) is 50.9 Å². The van der Waals surface area contributed by atoms with Gasteiger partial charge < -0.3 is 20.1 Å². The topological polar surface area (TPSA) is 110 Å². The van der Waals surface area contributed by atoms with Crippen LogP contribution >= 0.6 is 0 Å². The molecule has 184 valence electrons. The fourth-order valence-electron chi connectivity index (χ4n) is 3.96. The van der Waals surface area contributed by atoms with Crippen molar-refractivity contribution < 1.29 is 22.7 Å². The second-order valence-corrected chi connectivity index (χ2v) is 9.92. The van der Waals surface area contributed by atoms with Crippen molar-refractivity contribution in [1.82, 2.24) is 9.29 Å². The number of nitrogens with one attached hydrogen (secondary N) is 2. The second-order valence-electron chi connectivity index (χ2n) is 8.01. The Labute approximate surface area is 205 Å². The van der Waals surface area contributed by atoms with Crippen molar-refractivity contribution in [3.63, 3.8) is 0 Å². The third kappa shape index (κ3) is 5.39. The van der Waals surface area contributed by atoms with Gasteiger partial charge in [-0.1, -0.05) is 18.6 Å². The smallest absolute Gasteiger partial charge is 0.259 e. The number of amides is 1. The third-order valence-electron chi connectivity index (χ3n) is 5.77. The molecule has 1 aliphatic heterocycles. The monoisotopic (exact) mass is 496 g/mol. The summed E-state index contributed by atoms with van der Waals surface area (Å²) in [5.41, 5.74) is 1.27. The zero-order valence-electron chi connectivity index (χ0n) is 19.7. The Balaban J connectivity index is 1.61. The van der Waals surface area contributed by atoms with E-state index in [1.54, 1.807) is 43.6 Å². The fraction of sp³-hybridized carbons (Fsp3) is 0.280. The first kappa shape index (κ1) is 24.5. The van der Waals surface area contributed by atoms with Gasteiger partial charge in [-0.3, -0.25) is 4.79 Å². The molecular formula is C25H28N4O5S. The molecule has 0 saturated carbocycles. The maximum Gasteiger partial charge on any atom is 0.259 e. The minimum atomic E-state index is -3.77. The molecule has 0 unspecified atom stereocenters. The molecule has 2 heterocycles. The van der Waals surface area contributed by atoms with E-state index in [9.17, 15) is 13.2 Å². The lowest BCUT2D eigenvalue weighted by atomic mass is 10.2. The van der Waals surface area contributed by atoms with Crippen molar-refractivity contribution in [2.75, 3.05) is 37.9 Å². The lowest BCUT2D eigenvalue weighted by Gasteiger charge is -2.26. The Kier molecular flexibility index (Phi) is 7.52. The summed E-state index contributed by atoms with van der Waals surface area (Å²) in [7, 11) is -0.780. The Morgan fingerprint density at radius 3 is 2.43 bits per heavy atom. The maximum absolute atomic E-state index is 13.3. The van der Waals surface area contributed by atoms with E-state index >= 15 is 0 Å². The Hall–Kier alpha value is -3.63. The average Bonchev–Trinajstić information content (AvgIpc) is 2.89. The van der Waals surface area contributed by atoms with Crippen LogP contribution < -0.4 is 20.1 Å². The van der Waals surface area contributed by atoms with Crippen LogP contribution in [0.5, 0.6) is 11.5 Å². The molecular weight excluding hydrogens is 468 g/mol. The minimum absolute atomic E-state index is 0.0262. The zero-order chi connectivity index (χ0) is 24.8. The fourth-order valence-corrected chi connectivity index (χ4v) is 5.66. The molecule has 2 N–H and O–H groups in total. The largest absolute Gasteiger partial charge is 0.495 e. The van der Waals surface area contributed by atoms with Gasteiger partial charge in [0.15, 0.2) is 0 Å². The van der Waals surface area contributed by atoms with E-state index in [0.717, 1.165) is 19.3 Å². The molecule has 9 nitrogen and oxygen atoms in total. The molecule has 1 aromatic heterocycles. The standard InChI is InChI=1S/C25H28N4O5S/c1-33-21-11-5-4-10-20(21)28-24-19(9-8-14-26-24)25(30)27-18-12-13-22(34-2)23(17-18)35(31,32)29-15-6-3-7-16-29/h4-5,8-14,17H,3,6-7,15-16H2,1-2H3,(H,26,28)(H,27,30). The van der Waals surface area contributed by atoms with Crippen LogP contribution in [0.4, 0.5) is 17.2 Å². The van der Waals surface area contributed by atoms with Gasteiger partial charge in [-0.25, -0.2) is 13.4 Å². The Bertz CT molecular complexity index is 1310. The number of anilines is 3. The number of carbonyl (C=O) groups is 1. The summed E-state index contributed by atoms with van der Waals surface area (Å²) in [5, 5.41) is 5.93. The number of benzene rings is 2. The summed E-state index contributed by atoms with van der Waals surface area (Å²) >= 11 is 0. The molecule has 3 aromatic rings. The van der Waals surface area contributed by atoms with E-state index in [-0.39, 0.29) is 16.2 Å². The zero-order valence-corrected chi connectivity index (χ0v) is 20.5. The van der Waals surface area contributed by atoms with Gasteiger partial charge in [0.1, 0.15) is 22.2 Å². The van der Waals surface area contributed by atoms with Gasteiger partial charge in [0.2, 0.25) is 10.0 Å². The molecule has 1 saturated heterocycles. The quantitative estimate of drug-likeness (QED) is 0.479. The van der Waals surface area contributed by atoms with Crippen molar-refractivity contribution >= 4 is 33.1 Å². The van der Waals surface area contributed by atoms with Gasteiger partial charge in [0.05, 0.1) is 25.5 Å². The SMILES string of the molecule is COc1ccccc1Nc1ncccc1C(=O)Nc1ccc(OC)c(S(=O)(=O)N2CCCCC2)c1. The predicted octanol–water partition coefficient (Wildman–Crippen LogP) is 4.27. The molecule has 0 bridgehead atoms. The van der Waals surface area contributed by atoms with Gasteiger partial charge in [0.25, 0.3) is 5.91 Å². The highest BCUT2D eigenvalue weighted by Crippen LogP contribution is 2.32. The van der Waals surface area contributed by atoms with Gasteiger partial charge in [-0.05, 0) is 55.3 Å². The maximum atomic E-state index is 13.3. The number of pyridine rings is 1. The van der Waals surface area contributed by atoms with E-state index in [1.807, 2.05) is 18.2 Å². The van der Waals surface area contributed by atoms with E-state index in [2.05, 4.69) is 15.6 Å². The second kappa shape index (κ2) is 10.7. The highest BCUT2D eigenvalue weighted by molar-refractivity contribution is 7.89. The predicted molar refractivity (Wildman–Crippen MR) is 134 cm³/mol. The molecule has 0 atom stereocenters. The first-order valence-corrected chi connectivity index (χ1v) is 12.7. The van der Waals surface area contributed by atoms with Crippen molar-refractivity contribution in [1.29, 1.82) is 0 Å². The summed E-state index contributed by atoms with van der Waals surface area (Å²) in [6.45, 7) is 0.936. The number of methoxy groups -OCH3 is 2. The summed E-state index contributed by atoms with van der Waals surface area (Å²) in [6, 6.07) is 15.2.